The normalized spacial score (nSPS) is 14.8. The molecule has 1 aliphatic rings. The van der Waals surface area contributed by atoms with Gasteiger partial charge in [-0.15, -0.1) is 0 Å². The molecule has 0 radical (unpaired) electrons. The van der Waals surface area contributed by atoms with E-state index < -0.39 is 11.0 Å². The molecule has 1 fully saturated rings. The van der Waals surface area contributed by atoms with Crippen LogP contribution in [-0.4, -0.2) is 40.4 Å². The second-order valence-corrected chi connectivity index (χ2v) is 6.03. The Hall–Kier alpha value is -3.04. The molecule has 0 aromatic heterocycles. The molecule has 2 aromatic rings. The Balaban J connectivity index is 0.000000221. The number of rotatable bonds is 3. The number of halogens is 1. The highest BCUT2D eigenvalue weighted by molar-refractivity contribution is 5.64. The Morgan fingerprint density at radius 1 is 1.32 bits per heavy atom. The van der Waals surface area contributed by atoms with Crippen LogP contribution in [0.5, 0.6) is 0 Å². The molecule has 9 heteroatoms. The van der Waals surface area contributed by atoms with Crippen LogP contribution in [0.2, 0.25) is 0 Å². The molecule has 1 heterocycles. The number of carbonyl (C=O) groups is 1. The summed E-state index contributed by atoms with van der Waals surface area (Å²) >= 11 is 0. The summed E-state index contributed by atoms with van der Waals surface area (Å²) in [4.78, 5) is 19.8. The number of amides is 1. The molecule has 1 saturated heterocycles. The number of nitro benzene ring substituents is 1. The van der Waals surface area contributed by atoms with Gasteiger partial charge in [0, 0.05) is 25.2 Å². The summed E-state index contributed by atoms with van der Waals surface area (Å²) in [7, 11) is 0. The van der Waals surface area contributed by atoms with Gasteiger partial charge < -0.3 is 20.8 Å². The van der Waals surface area contributed by atoms with Gasteiger partial charge in [-0.2, -0.15) is 0 Å². The van der Waals surface area contributed by atoms with E-state index in [2.05, 4.69) is 10.6 Å². The number of aliphatic hydroxyl groups is 1. The first-order chi connectivity index (χ1) is 13.3. The lowest BCUT2D eigenvalue weighted by molar-refractivity contribution is -0.384. The Kier molecular flexibility index (Phi) is 10.2. The first-order valence-electron chi connectivity index (χ1n) is 8.59. The van der Waals surface area contributed by atoms with Crippen molar-refractivity contribution in [2.75, 3.05) is 13.1 Å². The lowest BCUT2D eigenvalue weighted by atomic mass is 10.2. The van der Waals surface area contributed by atoms with Crippen LogP contribution >= 0.6 is 0 Å². The van der Waals surface area contributed by atoms with E-state index >= 15 is 0 Å². The van der Waals surface area contributed by atoms with Gasteiger partial charge in [-0.25, -0.2) is 9.18 Å². The van der Waals surface area contributed by atoms with Gasteiger partial charge in [0.15, 0.2) is 0 Å². The molecule has 0 spiro atoms. The molecular weight excluding hydrogens is 369 g/mol. The van der Waals surface area contributed by atoms with Crippen molar-refractivity contribution in [2.45, 2.75) is 26.0 Å². The molecule has 4 N–H and O–H groups in total. The van der Waals surface area contributed by atoms with E-state index in [-0.39, 0.29) is 24.2 Å². The Bertz CT molecular complexity index is 749. The van der Waals surface area contributed by atoms with E-state index in [1.165, 1.54) is 30.3 Å². The summed E-state index contributed by atoms with van der Waals surface area (Å²) in [5.41, 5.74) is 1.79. The SMILES string of the molecule is Cc1ccc([N+](=O)[O-])cc1.O=C(O)NCc1cccc(F)c1.OC1CCNC1. The van der Waals surface area contributed by atoms with Crippen LogP contribution in [0.4, 0.5) is 14.9 Å². The number of benzene rings is 2. The number of aliphatic hydroxyl groups excluding tert-OH is 1. The Labute approximate surface area is 162 Å². The molecular formula is C19H24FN3O5. The summed E-state index contributed by atoms with van der Waals surface area (Å²) < 4.78 is 12.5. The minimum Gasteiger partial charge on any atom is -0.465 e. The van der Waals surface area contributed by atoms with Gasteiger partial charge in [-0.05, 0) is 37.6 Å². The molecule has 0 aliphatic carbocycles. The fraction of sp³-hybridized carbons (Fsp3) is 0.316. The van der Waals surface area contributed by atoms with E-state index in [0.717, 1.165) is 25.1 Å². The van der Waals surface area contributed by atoms with Crippen LogP contribution in [0.1, 0.15) is 17.5 Å². The number of hydrogen-bond donors (Lipinski definition) is 4. The molecule has 28 heavy (non-hydrogen) atoms. The summed E-state index contributed by atoms with van der Waals surface area (Å²) in [6.07, 6.45) is -0.246. The molecule has 3 rings (SSSR count). The third-order valence-corrected chi connectivity index (χ3v) is 3.61. The molecule has 1 unspecified atom stereocenters. The topological polar surface area (TPSA) is 125 Å². The first-order valence-corrected chi connectivity index (χ1v) is 8.59. The standard InChI is InChI=1S/C8H8FNO2.C7H7NO2.C4H9NO/c9-7-3-1-2-6(4-7)5-10-8(11)12;1-6-2-4-7(5-3-6)8(9)10;6-4-1-2-5-3-4/h1-4,10H,5H2,(H,11,12);2-5H,1H3;4-6H,1-3H2. The van der Waals surface area contributed by atoms with Crippen molar-refractivity contribution in [3.8, 4) is 0 Å². The summed E-state index contributed by atoms with van der Waals surface area (Å²) in [6, 6.07) is 12.2. The summed E-state index contributed by atoms with van der Waals surface area (Å²) in [5.74, 6) is -0.361. The van der Waals surface area contributed by atoms with Crippen molar-refractivity contribution in [3.63, 3.8) is 0 Å². The number of nitro groups is 1. The predicted octanol–water partition coefficient (Wildman–Crippen LogP) is 2.84. The van der Waals surface area contributed by atoms with Gasteiger partial charge in [-0.1, -0.05) is 29.8 Å². The smallest absolute Gasteiger partial charge is 0.404 e. The van der Waals surface area contributed by atoms with E-state index in [1.807, 2.05) is 6.92 Å². The lowest BCUT2D eigenvalue weighted by Crippen LogP contribution is -2.19. The third kappa shape index (κ3) is 10.2. The van der Waals surface area contributed by atoms with Gasteiger partial charge in [0.05, 0.1) is 11.0 Å². The zero-order chi connectivity index (χ0) is 20.9. The number of hydrogen-bond acceptors (Lipinski definition) is 5. The van der Waals surface area contributed by atoms with Crippen molar-refractivity contribution in [3.05, 3.63) is 75.6 Å². The average Bonchev–Trinajstić information content (AvgIpc) is 3.12. The number of non-ortho nitro benzene ring substituents is 1. The van der Waals surface area contributed by atoms with Crippen molar-refractivity contribution >= 4 is 11.8 Å². The zero-order valence-electron chi connectivity index (χ0n) is 15.5. The van der Waals surface area contributed by atoms with Crippen LogP contribution in [0.3, 0.4) is 0 Å². The molecule has 152 valence electrons. The minimum absolute atomic E-state index is 0.0648. The van der Waals surface area contributed by atoms with Crippen molar-refractivity contribution in [1.29, 1.82) is 0 Å². The van der Waals surface area contributed by atoms with E-state index in [0.29, 0.717) is 5.56 Å². The molecule has 0 bridgehead atoms. The summed E-state index contributed by atoms with van der Waals surface area (Å²) in [5, 5.41) is 32.2. The second-order valence-electron chi connectivity index (χ2n) is 6.03. The van der Waals surface area contributed by atoms with Crippen LogP contribution in [0.15, 0.2) is 48.5 Å². The maximum absolute atomic E-state index is 12.5. The van der Waals surface area contributed by atoms with Gasteiger partial charge in [0.1, 0.15) is 5.82 Å². The van der Waals surface area contributed by atoms with E-state index in [1.54, 1.807) is 18.2 Å². The fourth-order valence-electron chi connectivity index (χ4n) is 2.13. The van der Waals surface area contributed by atoms with Gasteiger partial charge in [0.2, 0.25) is 0 Å². The highest BCUT2D eigenvalue weighted by atomic mass is 19.1. The number of nitrogens with zero attached hydrogens (tertiary/aromatic N) is 1. The van der Waals surface area contributed by atoms with E-state index in [4.69, 9.17) is 10.2 Å². The quantitative estimate of drug-likeness (QED) is 0.469. The average molecular weight is 393 g/mol. The van der Waals surface area contributed by atoms with E-state index in [9.17, 15) is 19.3 Å². The maximum atomic E-state index is 12.5. The van der Waals surface area contributed by atoms with Crippen LogP contribution < -0.4 is 10.6 Å². The third-order valence-electron chi connectivity index (χ3n) is 3.61. The molecule has 1 amide bonds. The highest BCUT2D eigenvalue weighted by Gasteiger charge is 2.08. The van der Waals surface area contributed by atoms with Gasteiger partial charge in [0.25, 0.3) is 5.69 Å². The monoisotopic (exact) mass is 393 g/mol. The predicted molar refractivity (Wildman–Crippen MR) is 103 cm³/mol. The van der Waals surface area contributed by atoms with Crippen LogP contribution in [0.25, 0.3) is 0 Å². The number of aryl methyl sites for hydroxylation is 1. The fourth-order valence-corrected chi connectivity index (χ4v) is 2.13. The minimum atomic E-state index is -1.11. The maximum Gasteiger partial charge on any atom is 0.404 e. The number of carboxylic acid groups (broad SMARTS) is 1. The molecule has 2 aromatic carbocycles. The van der Waals surface area contributed by atoms with Crippen LogP contribution in [0, 0.1) is 22.9 Å². The largest absolute Gasteiger partial charge is 0.465 e. The Morgan fingerprint density at radius 3 is 2.43 bits per heavy atom. The highest BCUT2D eigenvalue weighted by Crippen LogP contribution is 2.10. The molecule has 0 saturated carbocycles. The number of nitrogens with one attached hydrogen (secondary N) is 2. The molecule has 8 nitrogen and oxygen atoms in total. The van der Waals surface area contributed by atoms with Crippen molar-refractivity contribution in [2.24, 2.45) is 0 Å². The first kappa shape index (κ1) is 23.0. The molecule has 1 aliphatic heterocycles. The Morgan fingerprint density at radius 2 is 2.00 bits per heavy atom. The molecule has 1 atom stereocenters. The summed E-state index contributed by atoms with van der Waals surface area (Å²) in [6.45, 7) is 3.80. The van der Waals surface area contributed by atoms with Crippen molar-refractivity contribution in [1.82, 2.24) is 10.6 Å². The van der Waals surface area contributed by atoms with Crippen molar-refractivity contribution < 1.29 is 24.3 Å². The second kappa shape index (κ2) is 12.4. The van der Waals surface area contributed by atoms with Gasteiger partial charge >= 0.3 is 6.09 Å². The lowest BCUT2D eigenvalue weighted by Gasteiger charge is -2.00. The van der Waals surface area contributed by atoms with Gasteiger partial charge in [-0.3, -0.25) is 10.1 Å². The zero-order valence-corrected chi connectivity index (χ0v) is 15.5. The number of β-amino-alcohol motifs (C(OH)–C–C–N with tert-alkyl or cyclic N) is 1. The van der Waals surface area contributed by atoms with Crippen LogP contribution in [-0.2, 0) is 6.54 Å².